The molecule has 2 nitrogen and oxygen atoms in total. The van der Waals surface area contributed by atoms with Crippen molar-refractivity contribution in [1.29, 1.82) is 0 Å². The van der Waals surface area contributed by atoms with Crippen LogP contribution in [-0.2, 0) is 15.2 Å². The summed E-state index contributed by atoms with van der Waals surface area (Å²) in [5.41, 5.74) is 2.19. The molecule has 4 heteroatoms. The minimum absolute atomic E-state index is 0.457. The number of halogens is 1. The van der Waals surface area contributed by atoms with Gasteiger partial charge in [-0.25, -0.2) is 8.42 Å². The summed E-state index contributed by atoms with van der Waals surface area (Å²) in [7, 11) is -3.12. The van der Waals surface area contributed by atoms with Crippen LogP contribution < -0.4 is 0 Å². The van der Waals surface area contributed by atoms with E-state index < -0.39 is 9.84 Å². The van der Waals surface area contributed by atoms with E-state index in [2.05, 4.69) is 22.0 Å². The highest BCUT2D eigenvalue weighted by Gasteiger charge is 2.18. The van der Waals surface area contributed by atoms with Gasteiger partial charge in [-0.3, -0.25) is 0 Å². The van der Waals surface area contributed by atoms with E-state index in [0.29, 0.717) is 16.1 Å². The smallest absolute Gasteiger partial charge is 0.175 e. The molecule has 1 fully saturated rings. The highest BCUT2D eigenvalue weighted by Crippen LogP contribution is 2.34. The zero-order valence-corrected chi connectivity index (χ0v) is 13.1. The lowest BCUT2D eigenvalue weighted by molar-refractivity contribution is 0.443. The van der Waals surface area contributed by atoms with Crippen LogP contribution in [0.15, 0.2) is 23.1 Å². The Morgan fingerprint density at radius 2 is 1.89 bits per heavy atom. The van der Waals surface area contributed by atoms with Crippen LogP contribution in [0.1, 0.15) is 49.1 Å². The molecule has 1 aromatic carbocycles. The normalized spacial score (nSPS) is 17.9. The predicted molar refractivity (Wildman–Crippen MR) is 78.0 cm³/mol. The SMILES string of the molecule is CS(=O)(=O)c1ccc(C2CCCCC2)cc1CBr. The molecule has 0 radical (unpaired) electrons. The zero-order valence-electron chi connectivity index (χ0n) is 10.7. The Bertz CT molecular complexity index is 517. The lowest BCUT2D eigenvalue weighted by Gasteiger charge is -2.22. The lowest BCUT2D eigenvalue weighted by atomic mass is 9.84. The monoisotopic (exact) mass is 330 g/mol. The summed E-state index contributed by atoms with van der Waals surface area (Å²) in [6.07, 6.45) is 7.67. The second-order valence-corrected chi connectivity index (χ2v) is 7.65. The molecule has 0 N–H and O–H groups in total. The van der Waals surface area contributed by atoms with Gasteiger partial charge in [0.25, 0.3) is 0 Å². The van der Waals surface area contributed by atoms with Gasteiger partial charge in [0.15, 0.2) is 9.84 Å². The van der Waals surface area contributed by atoms with Crippen LogP contribution in [-0.4, -0.2) is 14.7 Å². The molecule has 0 atom stereocenters. The molecule has 1 aliphatic rings. The molecule has 0 saturated heterocycles. The third-order valence-electron chi connectivity index (χ3n) is 3.70. The first-order valence-corrected chi connectivity index (χ1v) is 9.42. The minimum atomic E-state index is -3.12. The molecule has 0 bridgehead atoms. The molecular formula is C14H19BrO2S. The first kappa shape index (κ1) is 14.1. The average Bonchev–Trinajstić information content (AvgIpc) is 2.38. The van der Waals surface area contributed by atoms with Gasteiger partial charge < -0.3 is 0 Å². The van der Waals surface area contributed by atoms with Gasteiger partial charge in [0.05, 0.1) is 4.90 Å². The van der Waals surface area contributed by atoms with Crippen LogP contribution in [0.5, 0.6) is 0 Å². The number of rotatable bonds is 3. The molecular weight excluding hydrogens is 312 g/mol. The van der Waals surface area contributed by atoms with Crippen molar-refractivity contribution in [2.75, 3.05) is 6.26 Å². The van der Waals surface area contributed by atoms with E-state index in [9.17, 15) is 8.42 Å². The molecule has 0 aliphatic heterocycles. The molecule has 0 heterocycles. The van der Waals surface area contributed by atoms with Crippen LogP contribution in [0.25, 0.3) is 0 Å². The highest BCUT2D eigenvalue weighted by atomic mass is 79.9. The van der Waals surface area contributed by atoms with E-state index in [4.69, 9.17) is 0 Å². The van der Waals surface area contributed by atoms with E-state index in [-0.39, 0.29) is 0 Å². The average molecular weight is 331 g/mol. The van der Waals surface area contributed by atoms with Crippen molar-refractivity contribution in [3.8, 4) is 0 Å². The predicted octanol–water partition coefficient (Wildman–Crippen LogP) is 4.03. The van der Waals surface area contributed by atoms with E-state index in [1.807, 2.05) is 6.07 Å². The largest absolute Gasteiger partial charge is 0.224 e. The van der Waals surface area contributed by atoms with Crippen molar-refractivity contribution in [2.45, 2.75) is 48.2 Å². The number of hydrogen-bond donors (Lipinski definition) is 0. The molecule has 1 saturated carbocycles. The van der Waals surface area contributed by atoms with Crippen molar-refractivity contribution in [3.05, 3.63) is 29.3 Å². The third kappa shape index (κ3) is 3.15. The van der Waals surface area contributed by atoms with Crippen LogP contribution >= 0.6 is 15.9 Å². The number of benzene rings is 1. The van der Waals surface area contributed by atoms with Gasteiger partial charge >= 0.3 is 0 Å². The summed E-state index contributed by atoms with van der Waals surface area (Å²) in [6, 6.07) is 5.84. The fourth-order valence-electron chi connectivity index (χ4n) is 2.76. The molecule has 0 aromatic heterocycles. The van der Waals surface area contributed by atoms with Crippen LogP contribution in [0.2, 0.25) is 0 Å². The Morgan fingerprint density at radius 3 is 2.44 bits per heavy atom. The maximum absolute atomic E-state index is 11.7. The lowest BCUT2D eigenvalue weighted by Crippen LogP contribution is -2.07. The van der Waals surface area contributed by atoms with Crippen LogP contribution in [0, 0.1) is 0 Å². The maximum atomic E-state index is 11.7. The fourth-order valence-corrected chi connectivity index (χ4v) is 4.33. The molecule has 2 rings (SSSR count). The van der Waals surface area contributed by atoms with Gasteiger partial charge in [0.1, 0.15) is 0 Å². The highest BCUT2D eigenvalue weighted by molar-refractivity contribution is 9.08. The molecule has 0 spiro atoms. The quantitative estimate of drug-likeness (QED) is 0.784. The number of alkyl halides is 1. The Morgan fingerprint density at radius 1 is 1.22 bits per heavy atom. The topological polar surface area (TPSA) is 34.1 Å². The third-order valence-corrected chi connectivity index (χ3v) is 5.51. The van der Waals surface area contributed by atoms with Gasteiger partial charge in [-0.1, -0.05) is 47.3 Å². The van der Waals surface area contributed by atoms with Gasteiger partial charge in [0.2, 0.25) is 0 Å². The van der Waals surface area contributed by atoms with Gasteiger partial charge in [-0.2, -0.15) is 0 Å². The van der Waals surface area contributed by atoms with E-state index in [1.165, 1.54) is 43.9 Å². The van der Waals surface area contributed by atoms with E-state index >= 15 is 0 Å². The summed E-state index contributed by atoms with van der Waals surface area (Å²) in [5, 5.41) is 0.593. The van der Waals surface area contributed by atoms with Crippen LogP contribution in [0.3, 0.4) is 0 Å². The van der Waals surface area contributed by atoms with Crippen molar-refractivity contribution < 1.29 is 8.42 Å². The fraction of sp³-hybridized carbons (Fsp3) is 0.571. The summed E-state index contributed by atoms with van der Waals surface area (Å²) < 4.78 is 23.4. The van der Waals surface area contributed by atoms with Crippen LogP contribution in [0.4, 0.5) is 0 Å². The second kappa shape index (κ2) is 5.74. The summed E-state index contributed by atoms with van der Waals surface area (Å²) in [5.74, 6) is 0.616. The first-order valence-electron chi connectivity index (χ1n) is 6.41. The van der Waals surface area contributed by atoms with E-state index in [1.54, 1.807) is 6.07 Å². The molecule has 0 amide bonds. The standard InChI is InChI=1S/C14H19BrO2S/c1-18(16,17)14-8-7-12(9-13(14)10-15)11-5-3-2-4-6-11/h7-9,11H,2-6,10H2,1H3. The number of hydrogen-bond acceptors (Lipinski definition) is 2. The maximum Gasteiger partial charge on any atom is 0.175 e. The van der Waals surface area contributed by atoms with Crippen molar-refractivity contribution >= 4 is 25.8 Å². The molecule has 0 unspecified atom stereocenters. The first-order chi connectivity index (χ1) is 8.52. The molecule has 18 heavy (non-hydrogen) atoms. The number of sulfone groups is 1. The summed E-state index contributed by atoms with van der Waals surface area (Å²) in [6.45, 7) is 0. The van der Waals surface area contributed by atoms with E-state index in [0.717, 1.165) is 5.56 Å². The Hall–Kier alpha value is -0.350. The Kier molecular flexibility index (Phi) is 4.49. The van der Waals surface area contributed by atoms with Gasteiger partial charge in [0, 0.05) is 11.6 Å². The van der Waals surface area contributed by atoms with Gasteiger partial charge in [-0.15, -0.1) is 0 Å². The Balaban J connectivity index is 2.35. The van der Waals surface area contributed by atoms with Gasteiger partial charge in [-0.05, 0) is 36.0 Å². The zero-order chi connectivity index (χ0) is 13.2. The Labute approximate surface area is 118 Å². The van der Waals surface area contributed by atoms with Crippen molar-refractivity contribution in [2.24, 2.45) is 0 Å². The molecule has 1 aliphatic carbocycles. The summed E-state index contributed by atoms with van der Waals surface area (Å²) >= 11 is 3.39. The second-order valence-electron chi connectivity index (χ2n) is 5.11. The molecule has 1 aromatic rings. The molecule has 100 valence electrons. The van der Waals surface area contributed by atoms with Crippen molar-refractivity contribution in [1.82, 2.24) is 0 Å². The van der Waals surface area contributed by atoms with Crippen molar-refractivity contribution in [3.63, 3.8) is 0 Å². The summed E-state index contributed by atoms with van der Waals surface area (Å²) in [4.78, 5) is 0.457. The minimum Gasteiger partial charge on any atom is -0.224 e.